The molecule has 102 valence electrons. The lowest BCUT2D eigenvalue weighted by Gasteiger charge is -2.16. The Balaban J connectivity index is 2.03. The van der Waals surface area contributed by atoms with Crippen molar-refractivity contribution in [3.63, 3.8) is 0 Å². The van der Waals surface area contributed by atoms with Gasteiger partial charge in [-0.25, -0.2) is 4.98 Å². The Morgan fingerprint density at radius 3 is 2.53 bits per heavy atom. The van der Waals surface area contributed by atoms with Gasteiger partial charge in [0.05, 0.1) is 10.7 Å². The molecule has 0 amide bonds. The number of thiazole rings is 1. The van der Waals surface area contributed by atoms with Gasteiger partial charge in [0.15, 0.2) is 0 Å². The molecule has 1 atom stereocenters. The van der Waals surface area contributed by atoms with Crippen molar-refractivity contribution in [2.45, 2.75) is 39.7 Å². The summed E-state index contributed by atoms with van der Waals surface area (Å²) >= 11 is 1.82. The molecule has 4 heteroatoms. The van der Waals surface area contributed by atoms with Crippen LogP contribution in [-0.4, -0.2) is 22.6 Å². The molecule has 0 saturated carbocycles. The van der Waals surface area contributed by atoms with E-state index in [0.717, 1.165) is 19.4 Å². The molecule has 0 aliphatic heterocycles. The number of aromatic nitrogens is 2. The Bertz CT molecular complexity index is 488. The van der Waals surface area contributed by atoms with Crippen molar-refractivity contribution < 1.29 is 0 Å². The number of pyridine rings is 1. The van der Waals surface area contributed by atoms with E-state index >= 15 is 0 Å². The van der Waals surface area contributed by atoms with Gasteiger partial charge in [-0.2, -0.15) is 0 Å². The molecule has 3 nitrogen and oxygen atoms in total. The molecule has 0 aliphatic carbocycles. The first-order chi connectivity index (χ1) is 9.19. The minimum Gasteiger partial charge on any atom is -0.314 e. The highest BCUT2D eigenvalue weighted by molar-refractivity contribution is 7.11. The Kier molecular flexibility index (Phi) is 5.05. The molecule has 1 N–H and O–H groups in total. The third kappa shape index (κ3) is 4.11. The average molecular weight is 275 g/mol. The number of aryl methyl sites for hydroxylation is 2. The first-order valence-electron chi connectivity index (χ1n) is 6.74. The summed E-state index contributed by atoms with van der Waals surface area (Å²) in [6.45, 7) is 7.36. The van der Waals surface area contributed by atoms with Gasteiger partial charge in [-0.15, -0.1) is 11.3 Å². The summed E-state index contributed by atoms with van der Waals surface area (Å²) in [5, 5.41) is 4.79. The molecule has 2 aromatic rings. The highest BCUT2D eigenvalue weighted by Gasteiger charge is 2.13. The Labute approximate surface area is 119 Å². The zero-order valence-electron chi connectivity index (χ0n) is 11.8. The molecule has 0 aromatic carbocycles. The minimum absolute atomic E-state index is 0.442. The summed E-state index contributed by atoms with van der Waals surface area (Å²) in [6.07, 6.45) is 5.73. The van der Waals surface area contributed by atoms with E-state index in [4.69, 9.17) is 0 Å². The highest BCUT2D eigenvalue weighted by atomic mass is 32.1. The summed E-state index contributed by atoms with van der Waals surface area (Å²) in [4.78, 5) is 10.0. The first kappa shape index (κ1) is 14.2. The van der Waals surface area contributed by atoms with Crippen LogP contribution in [0.15, 0.2) is 24.5 Å². The van der Waals surface area contributed by atoms with E-state index in [0.29, 0.717) is 6.04 Å². The van der Waals surface area contributed by atoms with E-state index < -0.39 is 0 Å². The third-order valence-electron chi connectivity index (χ3n) is 3.22. The quantitative estimate of drug-likeness (QED) is 0.881. The van der Waals surface area contributed by atoms with Gasteiger partial charge in [0.2, 0.25) is 0 Å². The van der Waals surface area contributed by atoms with Gasteiger partial charge in [-0.3, -0.25) is 4.98 Å². The maximum Gasteiger partial charge on any atom is 0.0946 e. The van der Waals surface area contributed by atoms with Crippen molar-refractivity contribution in [3.8, 4) is 0 Å². The maximum absolute atomic E-state index is 4.64. The van der Waals surface area contributed by atoms with E-state index in [1.807, 2.05) is 23.7 Å². The molecular weight excluding hydrogens is 254 g/mol. The number of likely N-dealkylation sites (N-methyl/N-ethyl adjacent to an activating group) is 1. The molecule has 0 radical (unpaired) electrons. The van der Waals surface area contributed by atoms with E-state index in [1.165, 1.54) is 21.1 Å². The van der Waals surface area contributed by atoms with Crippen molar-refractivity contribution in [3.05, 3.63) is 45.7 Å². The van der Waals surface area contributed by atoms with Crippen LogP contribution in [0.2, 0.25) is 0 Å². The lowest BCUT2D eigenvalue weighted by molar-refractivity contribution is 0.520. The topological polar surface area (TPSA) is 37.8 Å². The molecule has 0 aliphatic rings. The fourth-order valence-electron chi connectivity index (χ4n) is 2.15. The zero-order valence-corrected chi connectivity index (χ0v) is 12.6. The molecular formula is C15H21N3S. The number of hydrogen-bond acceptors (Lipinski definition) is 4. The standard InChI is InChI=1S/C15H21N3S/c1-4-17-14(9-13-5-7-16-8-6-13)10-15-18-11(2)12(3)19-15/h5-8,14,17H,4,9-10H2,1-3H3. The van der Waals surface area contributed by atoms with Crippen LogP contribution < -0.4 is 5.32 Å². The Morgan fingerprint density at radius 2 is 1.95 bits per heavy atom. The number of nitrogens with zero attached hydrogens (tertiary/aromatic N) is 2. The van der Waals surface area contributed by atoms with Gasteiger partial charge in [-0.05, 0) is 44.5 Å². The number of hydrogen-bond donors (Lipinski definition) is 1. The van der Waals surface area contributed by atoms with Gasteiger partial charge in [0, 0.05) is 29.7 Å². The molecule has 0 bridgehead atoms. The third-order valence-corrected chi connectivity index (χ3v) is 4.31. The second-order valence-electron chi connectivity index (χ2n) is 4.77. The monoisotopic (exact) mass is 275 g/mol. The summed E-state index contributed by atoms with van der Waals surface area (Å²) in [5.74, 6) is 0. The second kappa shape index (κ2) is 6.78. The smallest absolute Gasteiger partial charge is 0.0946 e. The van der Waals surface area contributed by atoms with Gasteiger partial charge >= 0.3 is 0 Å². The van der Waals surface area contributed by atoms with Gasteiger partial charge in [0.1, 0.15) is 0 Å². The molecule has 0 saturated heterocycles. The van der Waals surface area contributed by atoms with Crippen molar-refractivity contribution in [1.29, 1.82) is 0 Å². The molecule has 1 unspecified atom stereocenters. The summed E-state index contributed by atoms with van der Waals surface area (Å²) < 4.78 is 0. The lowest BCUT2D eigenvalue weighted by Crippen LogP contribution is -2.33. The predicted octanol–water partition coefficient (Wildman–Crippen LogP) is 2.92. The molecule has 2 aromatic heterocycles. The Morgan fingerprint density at radius 1 is 1.21 bits per heavy atom. The number of nitrogens with one attached hydrogen (secondary N) is 1. The molecule has 0 spiro atoms. The second-order valence-corrected chi connectivity index (χ2v) is 6.06. The van der Waals surface area contributed by atoms with Crippen LogP contribution in [0.25, 0.3) is 0 Å². The lowest BCUT2D eigenvalue weighted by atomic mass is 10.0. The summed E-state index contributed by atoms with van der Waals surface area (Å²) in [7, 11) is 0. The van der Waals surface area contributed by atoms with Crippen LogP contribution in [0, 0.1) is 13.8 Å². The molecule has 19 heavy (non-hydrogen) atoms. The SMILES string of the molecule is CCNC(Cc1ccncc1)Cc1nc(C)c(C)s1. The average Bonchev–Trinajstić information content (AvgIpc) is 2.70. The highest BCUT2D eigenvalue weighted by Crippen LogP contribution is 2.18. The van der Waals surface area contributed by atoms with E-state index in [2.05, 4.69) is 48.2 Å². The van der Waals surface area contributed by atoms with Crippen LogP contribution in [0.4, 0.5) is 0 Å². The largest absolute Gasteiger partial charge is 0.314 e. The van der Waals surface area contributed by atoms with Gasteiger partial charge in [-0.1, -0.05) is 6.92 Å². The fraction of sp³-hybridized carbons (Fsp3) is 0.467. The van der Waals surface area contributed by atoms with Crippen LogP contribution in [0.3, 0.4) is 0 Å². The minimum atomic E-state index is 0.442. The number of rotatable bonds is 6. The van der Waals surface area contributed by atoms with E-state index in [-0.39, 0.29) is 0 Å². The van der Waals surface area contributed by atoms with Crippen molar-refractivity contribution >= 4 is 11.3 Å². The van der Waals surface area contributed by atoms with Crippen LogP contribution in [-0.2, 0) is 12.8 Å². The van der Waals surface area contributed by atoms with Crippen LogP contribution >= 0.6 is 11.3 Å². The van der Waals surface area contributed by atoms with E-state index in [1.54, 1.807) is 0 Å². The van der Waals surface area contributed by atoms with Crippen LogP contribution in [0.1, 0.15) is 28.1 Å². The molecule has 2 heterocycles. The Hall–Kier alpha value is -1.26. The van der Waals surface area contributed by atoms with Crippen molar-refractivity contribution in [2.75, 3.05) is 6.54 Å². The van der Waals surface area contributed by atoms with E-state index in [9.17, 15) is 0 Å². The first-order valence-corrected chi connectivity index (χ1v) is 7.56. The van der Waals surface area contributed by atoms with Gasteiger partial charge < -0.3 is 5.32 Å². The molecule has 0 fully saturated rings. The normalized spacial score (nSPS) is 12.6. The van der Waals surface area contributed by atoms with Gasteiger partial charge in [0.25, 0.3) is 0 Å². The fourth-order valence-corrected chi connectivity index (χ4v) is 3.16. The molecule has 2 rings (SSSR count). The predicted molar refractivity (Wildman–Crippen MR) is 80.7 cm³/mol. The zero-order chi connectivity index (χ0) is 13.7. The van der Waals surface area contributed by atoms with Crippen LogP contribution in [0.5, 0.6) is 0 Å². The maximum atomic E-state index is 4.64. The summed E-state index contributed by atoms with van der Waals surface area (Å²) in [6, 6.07) is 4.61. The summed E-state index contributed by atoms with van der Waals surface area (Å²) in [5.41, 5.74) is 2.49. The van der Waals surface area contributed by atoms with Crippen molar-refractivity contribution in [2.24, 2.45) is 0 Å². The van der Waals surface area contributed by atoms with Crippen molar-refractivity contribution in [1.82, 2.24) is 15.3 Å².